The summed E-state index contributed by atoms with van der Waals surface area (Å²) in [7, 11) is 0. The lowest BCUT2D eigenvalue weighted by atomic mass is 10.1. The van der Waals surface area contributed by atoms with E-state index >= 15 is 0 Å². The Kier molecular flexibility index (Phi) is 6.70. The van der Waals surface area contributed by atoms with Crippen molar-refractivity contribution in [2.24, 2.45) is 0 Å². The van der Waals surface area contributed by atoms with E-state index < -0.39 is 12.8 Å². The number of nitrogens with one attached hydrogen (secondary N) is 1. The van der Waals surface area contributed by atoms with Gasteiger partial charge in [0.15, 0.2) is 6.61 Å². The first-order valence-electron chi connectivity index (χ1n) is 7.61. The van der Waals surface area contributed by atoms with Crippen LogP contribution in [-0.4, -0.2) is 18.7 Å². The predicted octanol–water partition coefficient (Wildman–Crippen LogP) is 4.53. The van der Waals surface area contributed by atoms with Gasteiger partial charge in [0.25, 0.3) is 0 Å². The molecule has 1 amide bonds. The summed E-state index contributed by atoms with van der Waals surface area (Å²) < 4.78 is 41.1. The number of benzene rings is 2. The van der Waals surface area contributed by atoms with Crippen LogP contribution in [0.1, 0.15) is 17.5 Å². The smallest absolute Gasteiger partial charge is 0.422 e. The first kappa shape index (κ1) is 19.1. The number of carbonyl (C=O) groups excluding carboxylic acids is 1. The number of alkyl halides is 3. The average molecular weight is 372 g/mol. The SMILES string of the molecule is O=C(CCc1cccc(Cl)c1)NCc1cccc(OCC(F)(F)F)c1. The van der Waals surface area contributed by atoms with E-state index in [1.165, 1.54) is 12.1 Å². The highest BCUT2D eigenvalue weighted by molar-refractivity contribution is 6.30. The highest BCUT2D eigenvalue weighted by Crippen LogP contribution is 2.19. The molecule has 3 nitrogen and oxygen atoms in total. The molecule has 0 aliphatic rings. The van der Waals surface area contributed by atoms with E-state index in [4.69, 9.17) is 11.6 Å². The van der Waals surface area contributed by atoms with E-state index in [0.717, 1.165) is 5.56 Å². The van der Waals surface area contributed by atoms with E-state index in [9.17, 15) is 18.0 Å². The van der Waals surface area contributed by atoms with Gasteiger partial charge in [-0.25, -0.2) is 0 Å². The Balaban J connectivity index is 1.79. The Morgan fingerprint density at radius 1 is 1.08 bits per heavy atom. The molecule has 0 fully saturated rings. The Bertz CT molecular complexity index is 719. The molecule has 0 aliphatic carbocycles. The Labute approximate surface area is 148 Å². The van der Waals surface area contributed by atoms with Crippen molar-refractivity contribution >= 4 is 17.5 Å². The van der Waals surface area contributed by atoms with Crippen molar-refractivity contribution in [3.63, 3.8) is 0 Å². The molecule has 1 N–H and O–H groups in total. The van der Waals surface area contributed by atoms with Crippen LogP contribution in [0.3, 0.4) is 0 Å². The van der Waals surface area contributed by atoms with Gasteiger partial charge in [-0.05, 0) is 41.8 Å². The lowest BCUT2D eigenvalue weighted by molar-refractivity contribution is -0.153. The van der Waals surface area contributed by atoms with Crippen molar-refractivity contribution in [3.8, 4) is 5.75 Å². The largest absolute Gasteiger partial charge is 0.484 e. The van der Waals surface area contributed by atoms with Gasteiger partial charge in [0.05, 0.1) is 0 Å². The van der Waals surface area contributed by atoms with Crippen LogP contribution in [-0.2, 0) is 17.8 Å². The minimum atomic E-state index is -4.38. The monoisotopic (exact) mass is 371 g/mol. The number of hydrogen-bond acceptors (Lipinski definition) is 2. The molecule has 0 unspecified atom stereocenters. The molecule has 0 aromatic heterocycles. The van der Waals surface area contributed by atoms with E-state index in [1.54, 1.807) is 24.3 Å². The summed E-state index contributed by atoms with van der Waals surface area (Å²) in [6.45, 7) is -1.12. The van der Waals surface area contributed by atoms with Gasteiger partial charge in [0.2, 0.25) is 5.91 Å². The Hall–Kier alpha value is -2.21. The normalized spacial score (nSPS) is 11.2. The van der Waals surface area contributed by atoms with E-state index in [-0.39, 0.29) is 18.2 Å². The molecule has 0 heterocycles. The quantitative estimate of drug-likeness (QED) is 0.776. The van der Waals surface area contributed by atoms with Gasteiger partial charge in [0.1, 0.15) is 5.75 Å². The first-order chi connectivity index (χ1) is 11.8. The van der Waals surface area contributed by atoms with Crippen molar-refractivity contribution in [3.05, 3.63) is 64.7 Å². The average Bonchev–Trinajstić information content (AvgIpc) is 2.56. The maximum atomic E-state index is 12.2. The predicted molar refractivity (Wildman–Crippen MR) is 89.6 cm³/mol. The molecule has 2 aromatic rings. The molecule has 0 saturated carbocycles. The second kappa shape index (κ2) is 8.76. The van der Waals surface area contributed by atoms with Gasteiger partial charge < -0.3 is 10.1 Å². The highest BCUT2D eigenvalue weighted by Gasteiger charge is 2.28. The zero-order valence-corrected chi connectivity index (χ0v) is 14.0. The molecule has 2 aromatic carbocycles. The maximum Gasteiger partial charge on any atom is 0.422 e. The van der Waals surface area contributed by atoms with Gasteiger partial charge in [-0.2, -0.15) is 13.2 Å². The number of hydrogen-bond donors (Lipinski definition) is 1. The van der Waals surface area contributed by atoms with Crippen LogP contribution >= 0.6 is 11.6 Å². The van der Waals surface area contributed by atoms with Crippen LogP contribution in [0.15, 0.2) is 48.5 Å². The van der Waals surface area contributed by atoms with E-state index in [2.05, 4.69) is 10.1 Å². The lowest BCUT2D eigenvalue weighted by Gasteiger charge is -2.11. The number of rotatable bonds is 7. The van der Waals surface area contributed by atoms with E-state index in [1.807, 2.05) is 12.1 Å². The van der Waals surface area contributed by atoms with Crippen molar-refractivity contribution in [1.29, 1.82) is 0 Å². The van der Waals surface area contributed by atoms with Crippen LogP contribution in [0.25, 0.3) is 0 Å². The maximum absolute atomic E-state index is 12.2. The van der Waals surface area contributed by atoms with Gasteiger partial charge in [-0.15, -0.1) is 0 Å². The fourth-order valence-electron chi connectivity index (χ4n) is 2.15. The number of carbonyl (C=O) groups is 1. The van der Waals surface area contributed by atoms with Gasteiger partial charge in [-0.1, -0.05) is 35.9 Å². The molecule has 0 radical (unpaired) electrons. The molecule has 0 aliphatic heterocycles. The topological polar surface area (TPSA) is 38.3 Å². The molecule has 0 saturated heterocycles. The summed E-state index contributed by atoms with van der Waals surface area (Å²) in [5.41, 5.74) is 1.63. The van der Waals surface area contributed by atoms with Crippen molar-refractivity contribution < 1.29 is 22.7 Å². The summed E-state index contributed by atoms with van der Waals surface area (Å²) in [5, 5.41) is 3.35. The van der Waals surface area contributed by atoms with Crippen LogP contribution in [0.2, 0.25) is 5.02 Å². The third kappa shape index (κ3) is 7.47. The summed E-state index contributed by atoms with van der Waals surface area (Å²) in [6, 6.07) is 13.5. The number of aryl methyl sites for hydroxylation is 1. The molecule has 134 valence electrons. The summed E-state index contributed by atoms with van der Waals surface area (Å²) in [6.07, 6.45) is -3.53. The zero-order valence-electron chi connectivity index (χ0n) is 13.3. The summed E-state index contributed by atoms with van der Waals surface area (Å²) >= 11 is 5.89. The molecule has 0 bridgehead atoms. The van der Waals surface area contributed by atoms with Crippen LogP contribution in [0, 0.1) is 0 Å². The molecule has 25 heavy (non-hydrogen) atoms. The Morgan fingerprint density at radius 2 is 1.80 bits per heavy atom. The molecule has 7 heteroatoms. The minimum absolute atomic E-state index is 0.114. The summed E-state index contributed by atoms with van der Waals surface area (Å²) in [4.78, 5) is 11.9. The van der Waals surface area contributed by atoms with Gasteiger partial charge in [-0.3, -0.25) is 4.79 Å². The molecular weight excluding hydrogens is 355 g/mol. The second-order valence-electron chi connectivity index (χ2n) is 5.46. The molecule has 0 spiro atoms. The second-order valence-corrected chi connectivity index (χ2v) is 5.89. The van der Waals surface area contributed by atoms with Crippen LogP contribution in [0.4, 0.5) is 13.2 Å². The van der Waals surface area contributed by atoms with Crippen LogP contribution in [0.5, 0.6) is 5.75 Å². The fraction of sp³-hybridized carbons (Fsp3) is 0.278. The fourth-order valence-corrected chi connectivity index (χ4v) is 2.36. The number of halogens is 4. The van der Waals surface area contributed by atoms with Crippen molar-refractivity contribution in [2.45, 2.75) is 25.6 Å². The molecule has 0 atom stereocenters. The highest BCUT2D eigenvalue weighted by atomic mass is 35.5. The number of ether oxygens (including phenoxy) is 1. The van der Waals surface area contributed by atoms with E-state index in [0.29, 0.717) is 23.4 Å². The van der Waals surface area contributed by atoms with Gasteiger partial charge in [0, 0.05) is 18.0 Å². The summed E-state index contributed by atoms with van der Waals surface area (Å²) in [5.74, 6) is -0.0374. The third-order valence-corrected chi connectivity index (χ3v) is 3.56. The standard InChI is InChI=1S/C18H17ClF3NO2/c19-15-5-1-3-13(9-15)7-8-17(24)23-11-14-4-2-6-16(10-14)25-12-18(20,21)22/h1-6,9-10H,7-8,11-12H2,(H,23,24). The van der Waals surface area contributed by atoms with Crippen molar-refractivity contribution in [1.82, 2.24) is 5.32 Å². The third-order valence-electron chi connectivity index (χ3n) is 3.32. The Morgan fingerprint density at radius 3 is 2.52 bits per heavy atom. The number of amides is 1. The lowest BCUT2D eigenvalue weighted by Crippen LogP contribution is -2.23. The van der Waals surface area contributed by atoms with Gasteiger partial charge >= 0.3 is 6.18 Å². The first-order valence-corrected chi connectivity index (χ1v) is 7.99. The van der Waals surface area contributed by atoms with Crippen molar-refractivity contribution in [2.75, 3.05) is 6.61 Å². The van der Waals surface area contributed by atoms with Crippen LogP contribution < -0.4 is 10.1 Å². The zero-order chi connectivity index (χ0) is 18.3. The molecule has 2 rings (SSSR count). The molecular formula is C18H17ClF3NO2. The minimum Gasteiger partial charge on any atom is -0.484 e.